The van der Waals surface area contributed by atoms with Gasteiger partial charge in [-0.2, -0.15) is 0 Å². The molecule has 1 unspecified atom stereocenters. The predicted octanol–water partition coefficient (Wildman–Crippen LogP) is 8.98. The van der Waals surface area contributed by atoms with E-state index in [1.54, 1.807) is 5.57 Å². The van der Waals surface area contributed by atoms with E-state index in [2.05, 4.69) is 127 Å². The standard InChI is InChI=1S/C40H32/c1-2-12-31-26-32(25-20-27(31)10-1)40-37-17-7-5-15-35(37)39(36-16-6-8-18-38(36)40)30-23-21-29(22-24-30)34-19-9-13-28-11-3-4-14-33(28)34/h1-8,11-18,20-21,23,25-27H,9-10,19,22,24H2. The summed E-state index contributed by atoms with van der Waals surface area (Å²) in [7, 11) is 0. The summed E-state index contributed by atoms with van der Waals surface area (Å²) in [4.78, 5) is 0. The van der Waals surface area contributed by atoms with Crippen molar-refractivity contribution in [2.45, 2.75) is 32.1 Å². The fourth-order valence-electron chi connectivity index (χ4n) is 7.28. The lowest BCUT2D eigenvalue weighted by molar-refractivity contribution is 0.781. The SMILES string of the molecule is C1=CCC2C=CC(c3c4ccccc4c(C4=CC=C(C5=c6ccccc6=CCC5)CC4)c4ccccc34)=CC2=C1. The Bertz CT molecular complexity index is 1960. The minimum absolute atomic E-state index is 0.505. The lowest BCUT2D eigenvalue weighted by Gasteiger charge is -2.25. The van der Waals surface area contributed by atoms with Crippen LogP contribution in [0.3, 0.4) is 0 Å². The molecule has 0 amide bonds. The molecule has 0 fully saturated rings. The van der Waals surface area contributed by atoms with Crippen LogP contribution < -0.4 is 10.4 Å². The molecule has 0 saturated heterocycles. The van der Waals surface area contributed by atoms with Crippen molar-refractivity contribution in [3.63, 3.8) is 0 Å². The van der Waals surface area contributed by atoms with Gasteiger partial charge in [-0.05, 0) is 103 Å². The number of hydrogen-bond donors (Lipinski definition) is 0. The molecule has 0 saturated carbocycles. The van der Waals surface area contributed by atoms with Crippen LogP contribution in [0.2, 0.25) is 0 Å². The predicted molar refractivity (Wildman–Crippen MR) is 172 cm³/mol. The van der Waals surface area contributed by atoms with E-state index in [1.165, 1.54) is 65.4 Å². The average Bonchev–Trinajstić information content (AvgIpc) is 3.03. The molecule has 0 heteroatoms. The topological polar surface area (TPSA) is 0 Å². The van der Waals surface area contributed by atoms with Gasteiger partial charge in [-0.25, -0.2) is 0 Å². The zero-order chi connectivity index (χ0) is 26.5. The van der Waals surface area contributed by atoms with Gasteiger partial charge in [-0.1, -0.05) is 127 Å². The molecule has 0 heterocycles. The number of benzene rings is 4. The Morgan fingerprint density at radius 3 is 2.05 bits per heavy atom. The largest absolute Gasteiger partial charge is 0.0836 e. The summed E-state index contributed by atoms with van der Waals surface area (Å²) in [6.45, 7) is 0. The molecule has 4 aromatic carbocycles. The average molecular weight is 513 g/mol. The first-order chi connectivity index (χ1) is 19.8. The molecular weight excluding hydrogens is 480 g/mol. The monoisotopic (exact) mass is 512 g/mol. The molecule has 4 aliphatic carbocycles. The van der Waals surface area contributed by atoms with Crippen LogP contribution in [0.15, 0.2) is 133 Å². The lowest BCUT2D eigenvalue weighted by atomic mass is 9.79. The van der Waals surface area contributed by atoms with Gasteiger partial charge >= 0.3 is 0 Å². The van der Waals surface area contributed by atoms with Crippen LogP contribution in [0.5, 0.6) is 0 Å². The highest BCUT2D eigenvalue weighted by Crippen LogP contribution is 2.44. The van der Waals surface area contributed by atoms with Gasteiger partial charge in [0.1, 0.15) is 0 Å². The molecule has 40 heavy (non-hydrogen) atoms. The Balaban J connectivity index is 1.32. The number of fused-ring (bicyclic) bond motifs is 4. The molecule has 1 atom stereocenters. The number of allylic oxidation sites excluding steroid dienone is 12. The minimum atomic E-state index is 0.505. The van der Waals surface area contributed by atoms with Crippen molar-refractivity contribution in [2.75, 3.05) is 0 Å². The van der Waals surface area contributed by atoms with E-state index in [4.69, 9.17) is 0 Å². The molecule has 0 aromatic heterocycles. The zero-order valence-electron chi connectivity index (χ0n) is 22.7. The summed E-state index contributed by atoms with van der Waals surface area (Å²) in [6.07, 6.45) is 26.7. The quantitative estimate of drug-likeness (QED) is 0.240. The van der Waals surface area contributed by atoms with E-state index < -0.39 is 0 Å². The molecule has 192 valence electrons. The van der Waals surface area contributed by atoms with E-state index in [1.807, 2.05) is 0 Å². The lowest BCUT2D eigenvalue weighted by Crippen LogP contribution is -2.29. The van der Waals surface area contributed by atoms with Gasteiger partial charge in [0.25, 0.3) is 0 Å². The summed E-state index contributed by atoms with van der Waals surface area (Å²) in [6, 6.07) is 27.0. The van der Waals surface area contributed by atoms with Gasteiger partial charge in [0, 0.05) is 5.92 Å². The molecular formula is C40H32. The van der Waals surface area contributed by atoms with Crippen molar-refractivity contribution in [2.24, 2.45) is 5.92 Å². The van der Waals surface area contributed by atoms with Crippen molar-refractivity contribution in [3.8, 4) is 0 Å². The van der Waals surface area contributed by atoms with Crippen molar-refractivity contribution in [3.05, 3.63) is 154 Å². The van der Waals surface area contributed by atoms with Crippen LogP contribution in [0.1, 0.15) is 43.2 Å². The Hall–Kier alpha value is -4.42. The smallest absolute Gasteiger partial charge is 0.00561 e. The van der Waals surface area contributed by atoms with Crippen LogP contribution in [-0.2, 0) is 0 Å². The Labute approximate surface area is 236 Å². The summed E-state index contributed by atoms with van der Waals surface area (Å²) >= 11 is 0. The highest BCUT2D eigenvalue weighted by Gasteiger charge is 2.22. The van der Waals surface area contributed by atoms with Crippen LogP contribution >= 0.6 is 0 Å². The molecule has 0 spiro atoms. The normalized spacial score (nSPS) is 19.8. The maximum atomic E-state index is 2.42. The van der Waals surface area contributed by atoms with Gasteiger partial charge in [0.2, 0.25) is 0 Å². The first-order valence-corrected chi connectivity index (χ1v) is 14.7. The Morgan fingerprint density at radius 1 is 0.625 bits per heavy atom. The third-order valence-corrected chi connectivity index (χ3v) is 9.20. The van der Waals surface area contributed by atoms with Gasteiger partial charge in [-0.3, -0.25) is 0 Å². The molecule has 0 N–H and O–H groups in total. The van der Waals surface area contributed by atoms with Gasteiger partial charge in [0.15, 0.2) is 0 Å². The van der Waals surface area contributed by atoms with Crippen LogP contribution in [0.4, 0.5) is 0 Å². The molecule has 0 aliphatic heterocycles. The first kappa shape index (κ1) is 23.5. The summed E-state index contributed by atoms with van der Waals surface area (Å²) in [5.41, 5.74) is 10.0. The molecule has 0 nitrogen and oxygen atoms in total. The molecule has 4 aromatic rings. The Morgan fingerprint density at radius 2 is 1.30 bits per heavy atom. The van der Waals surface area contributed by atoms with E-state index in [0.29, 0.717) is 5.92 Å². The first-order valence-electron chi connectivity index (χ1n) is 14.7. The van der Waals surface area contributed by atoms with Gasteiger partial charge in [0.05, 0.1) is 0 Å². The van der Waals surface area contributed by atoms with E-state index in [9.17, 15) is 0 Å². The fraction of sp³-hybridized carbons (Fsp3) is 0.150. The molecule has 8 rings (SSSR count). The van der Waals surface area contributed by atoms with Crippen LogP contribution in [0, 0.1) is 5.92 Å². The van der Waals surface area contributed by atoms with Crippen molar-refractivity contribution in [1.29, 1.82) is 0 Å². The third-order valence-electron chi connectivity index (χ3n) is 9.20. The highest BCUT2D eigenvalue weighted by atomic mass is 14.3. The molecule has 0 radical (unpaired) electrons. The van der Waals surface area contributed by atoms with E-state index in [0.717, 1.165) is 32.1 Å². The van der Waals surface area contributed by atoms with Crippen molar-refractivity contribution in [1.82, 2.24) is 0 Å². The zero-order valence-corrected chi connectivity index (χ0v) is 22.7. The molecule has 0 bridgehead atoms. The summed E-state index contributed by atoms with van der Waals surface area (Å²) in [5, 5.41) is 8.23. The maximum Gasteiger partial charge on any atom is 0.00561 e. The van der Waals surface area contributed by atoms with Crippen molar-refractivity contribution < 1.29 is 0 Å². The highest BCUT2D eigenvalue weighted by molar-refractivity contribution is 6.17. The molecule has 4 aliphatic rings. The van der Waals surface area contributed by atoms with Crippen LogP contribution in [-0.4, -0.2) is 0 Å². The van der Waals surface area contributed by atoms with Crippen molar-refractivity contribution >= 4 is 44.3 Å². The summed E-state index contributed by atoms with van der Waals surface area (Å²) in [5.74, 6) is 0.505. The second-order valence-electron chi connectivity index (χ2n) is 11.4. The van der Waals surface area contributed by atoms with E-state index >= 15 is 0 Å². The van der Waals surface area contributed by atoms with Crippen LogP contribution in [0.25, 0.3) is 44.3 Å². The second kappa shape index (κ2) is 9.65. The minimum Gasteiger partial charge on any atom is -0.0836 e. The summed E-state index contributed by atoms with van der Waals surface area (Å²) < 4.78 is 0. The fourth-order valence-corrected chi connectivity index (χ4v) is 7.28. The van der Waals surface area contributed by atoms with Gasteiger partial charge < -0.3 is 0 Å². The van der Waals surface area contributed by atoms with E-state index in [-0.39, 0.29) is 0 Å². The number of hydrogen-bond acceptors (Lipinski definition) is 0. The maximum absolute atomic E-state index is 2.42. The Kier molecular flexibility index (Phi) is 5.66. The van der Waals surface area contributed by atoms with Gasteiger partial charge in [-0.15, -0.1) is 0 Å². The third kappa shape index (κ3) is 3.82. The number of rotatable bonds is 3. The second-order valence-corrected chi connectivity index (χ2v) is 11.4.